The minimum Gasteiger partial charge on any atom is -0.449 e. The number of hydrogen-bond donors (Lipinski definition) is 0. The van der Waals surface area contributed by atoms with Crippen LogP contribution in [0.3, 0.4) is 0 Å². The van der Waals surface area contributed by atoms with Gasteiger partial charge in [0.1, 0.15) is 11.6 Å². The van der Waals surface area contributed by atoms with Crippen LogP contribution in [0.4, 0.5) is 10.1 Å². The van der Waals surface area contributed by atoms with Gasteiger partial charge in [-0.1, -0.05) is 12.1 Å². The van der Waals surface area contributed by atoms with E-state index in [1.54, 1.807) is 24.3 Å². The number of para-hydroxylation sites is 1. The van der Waals surface area contributed by atoms with Crippen molar-refractivity contribution in [2.24, 2.45) is 0 Å². The minimum atomic E-state index is -0.685. The van der Waals surface area contributed by atoms with Crippen LogP contribution < -0.4 is 4.74 Å². The highest BCUT2D eigenvalue weighted by atomic mass is 79.9. The maximum absolute atomic E-state index is 13.0. The average Bonchev–Trinajstić information content (AvgIpc) is 2.34. The number of benzene rings is 2. The minimum absolute atomic E-state index is 0.00620. The smallest absolute Gasteiger partial charge is 0.314 e. The summed E-state index contributed by atoms with van der Waals surface area (Å²) in [6, 6.07) is 10.1. The van der Waals surface area contributed by atoms with Gasteiger partial charge in [0.05, 0.1) is 15.5 Å². The van der Waals surface area contributed by atoms with E-state index in [-0.39, 0.29) is 5.75 Å². The molecule has 0 aliphatic rings. The van der Waals surface area contributed by atoms with Crippen LogP contribution in [0.25, 0.3) is 0 Å². The molecule has 4 nitrogen and oxygen atoms in total. The molecule has 92 valence electrons. The van der Waals surface area contributed by atoms with E-state index in [4.69, 9.17) is 4.74 Å². The number of halogens is 2. The van der Waals surface area contributed by atoms with Crippen molar-refractivity contribution in [2.75, 3.05) is 0 Å². The molecule has 0 heterocycles. The Balaban J connectivity index is 2.41. The molecular weight excluding hydrogens is 305 g/mol. The Morgan fingerprint density at radius 2 is 1.89 bits per heavy atom. The largest absolute Gasteiger partial charge is 0.449 e. The summed E-state index contributed by atoms with van der Waals surface area (Å²) < 4.78 is 19.0. The van der Waals surface area contributed by atoms with Crippen LogP contribution in [0.1, 0.15) is 0 Å². The van der Waals surface area contributed by atoms with Gasteiger partial charge < -0.3 is 4.74 Å². The van der Waals surface area contributed by atoms with Crippen LogP contribution in [0.15, 0.2) is 46.9 Å². The fourth-order valence-electron chi connectivity index (χ4n) is 1.37. The maximum Gasteiger partial charge on any atom is 0.314 e. The first kappa shape index (κ1) is 12.5. The van der Waals surface area contributed by atoms with Crippen molar-refractivity contribution < 1.29 is 14.1 Å². The molecule has 0 bridgehead atoms. The standard InChI is InChI=1S/C12H7BrFNO3/c13-9-3-1-2-4-11(9)18-12-6-5-8(14)7-10(12)15(16)17/h1-7H. The molecule has 18 heavy (non-hydrogen) atoms. The van der Waals surface area contributed by atoms with Crippen molar-refractivity contribution in [3.05, 3.63) is 62.9 Å². The number of hydrogen-bond acceptors (Lipinski definition) is 3. The van der Waals surface area contributed by atoms with Crippen LogP contribution >= 0.6 is 15.9 Å². The number of rotatable bonds is 3. The second-order valence-corrected chi connectivity index (χ2v) is 4.26. The van der Waals surface area contributed by atoms with E-state index in [1.165, 1.54) is 6.07 Å². The lowest BCUT2D eigenvalue weighted by Crippen LogP contribution is -1.94. The molecule has 0 saturated heterocycles. The third-order valence-corrected chi connectivity index (χ3v) is 2.83. The molecule has 0 fully saturated rings. The Morgan fingerprint density at radius 3 is 2.56 bits per heavy atom. The van der Waals surface area contributed by atoms with Gasteiger partial charge in [0.15, 0.2) is 0 Å². The van der Waals surface area contributed by atoms with E-state index >= 15 is 0 Å². The third-order valence-electron chi connectivity index (χ3n) is 2.17. The number of nitro benzene ring substituents is 1. The molecule has 0 aromatic heterocycles. The van der Waals surface area contributed by atoms with Gasteiger partial charge in [-0.2, -0.15) is 0 Å². The van der Waals surface area contributed by atoms with Gasteiger partial charge in [-0.15, -0.1) is 0 Å². The zero-order valence-electron chi connectivity index (χ0n) is 8.97. The Kier molecular flexibility index (Phi) is 3.57. The first-order valence-corrected chi connectivity index (χ1v) is 5.73. The van der Waals surface area contributed by atoms with E-state index in [9.17, 15) is 14.5 Å². The van der Waals surface area contributed by atoms with E-state index in [0.29, 0.717) is 10.2 Å². The summed E-state index contributed by atoms with van der Waals surface area (Å²) in [6.07, 6.45) is 0. The zero-order valence-corrected chi connectivity index (χ0v) is 10.6. The lowest BCUT2D eigenvalue weighted by molar-refractivity contribution is -0.385. The average molecular weight is 312 g/mol. The second-order valence-electron chi connectivity index (χ2n) is 3.40. The monoisotopic (exact) mass is 311 g/mol. The SMILES string of the molecule is O=[N+]([O-])c1cc(F)ccc1Oc1ccccc1Br. The fraction of sp³-hybridized carbons (Fsp3) is 0. The Hall–Kier alpha value is -1.95. The highest BCUT2D eigenvalue weighted by Gasteiger charge is 2.17. The van der Waals surface area contributed by atoms with Gasteiger partial charge in [-0.25, -0.2) is 4.39 Å². The van der Waals surface area contributed by atoms with Gasteiger partial charge in [0, 0.05) is 0 Å². The highest BCUT2D eigenvalue weighted by Crippen LogP contribution is 2.34. The normalized spacial score (nSPS) is 10.1. The fourth-order valence-corrected chi connectivity index (χ4v) is 1.73. The van der Waals surface area contributed by atoms with E-state index in [2.05, 4.69) is 15.9 Å². The van der Waals surface area contributed by atoms with Gasteiger partial charge in [0.2, 0.25) is 5.75 Å². The van der Waals surface area contributed by atoms with Gasteiger partial charge in [-0.3, -0.25) is 10.1 Å². The van der Waals surface area contributed by atoms with Crippen LogP contribution in [0.5, 0.6) is 11.5 Å². The lowest BCUT2D eigenvalue weighted by atomic mass is 10.3. The Labute approximate surface area is 110 Å². The van der Waals surface area contributed by atoms with Crippen molar-refractivity contribution >= 4 is 21.6 Å². The van der Waals surface area contributed by atoms with Crippen molar-refractivity contribution in [3.8, 4) is 11.5 Å². The molecule has 0 spiro atoms. The topological polar surface area (TPSA) is 52.4 Å². The molecule has 0 unspecified atom stereocenters. The van der Waals surface area contributed by atoms with E-state index < -0.39 is 16.4 Å². The summed E-state index contributed by atoms with van der Waals surface area (Å²) in [5.74, 6) is -0.262. The molecule has 6 heteroatoms. The molecule has 0 radical (unpaired) electrons. The van der Waals surface area contributed by atoms with Crippen molar-refractivity contribution in [1.29, 1.82) is 0 Å². The first-order chi connectivity index (χ1) is 8.58. The van der Waals surface area contributed by atoms with Crippen molar-refractivity contribution in [3.63, 3.8) is 0 Å². The molecule has 2 aromatic rings. The Morgan fingerprint density at radius 1 is 1.17 bits per heavy atom. The highest BCUT2D eigenvalue weighted by molar-refractivity contribution is 9.10. The molecule has 2 aromatic carbocycles. The van der Waals surface area contributed by atoms with Crippen LogP contribution in [0, 0.1) is 15.9 Å². The predicted octanol–water partition coefficient (Wildman–Crippen LogP) is 4.29. The summed E-state index contributed by atoms with van der Waals surface area (Å²) in [7, 11) is 0. The third kappa shape index (κ3) is 2.65. The zero-order chi connectivity index (χ0) is 13.1. The molecule has 0 aliphatic carbocycles. The quantitative estimate of drug-likeness (QED) is 0.627. The van der Waals surface area contributed by atoms with Crippen LogP contribution in [-0.2, 0) is 0 Å². The number of ether oxygens (including phenoxy) is 1. The number of nitrogens with zero attached hydrogens (tertiary/aromatic N) is 1. The summed E-state index contributed by atoms with van der Waals surface area (Å²) in [6.45, 7) is 0. The summed E-state index contributed by atoms with van der Waals surface area (Å²) in [5, 5.41) is 10.8. The molecule has 0 saturated carbocycles. The molecule has 0 amide bonds. The van der Waals surface area contributed by atoms with Gasteiger partial charge in [0.25, 0.3) is 0 Å². The van der Waals surface area contributed by atoms with Crippen LogP contribution in [0.2, 0.25) is 0 Å². The lowest BCUT2D eigenvalue weighted by Gasteiger charge is -2.07. The molecule has 0 atom stereocenters. The van der Waals surface area contributed by atoms with Gasteiger partial charge in [-0.05, 0) is 40.2 Å². The predicted molar refractivity (Wildman–Crippen MR) is 67.3 cm³/mol. The summed E-state index contributed by atoms with van der Waals surface area (Å²) in [4.78, 5) is 10.1. The van der Waals surface area contributed by atoms with E-state index in [1.807, 2.05) is 0 Å². The molecule has 2 rings (SSSR count). The number of nitro groups is 1. The Bertz CT molecular complexity index is 604. The molecular formula is C12H7BrFNO3. The summed E-state index contributed by atoms with van der Waals surface area (Å²) in [5.41, 5.74) is -0.411. The maximum atomic E-state index is 13.0. The van der Waals surface area contributed by atoms with E-state index in [0.717, 1.165) is 12.1 Å². The van der Waals surface area contributed by atoms with Crippen LogP contribution in [-0.4, -0.2) is 4.92 Å². The van der Waals surface area contributed by atoms with Gasteiger partial charge >= 0.3 is 5.69 Å². The first-order valence-electron chi connectivity index (χ1n) is 4.94. The summed E-state index contributed by atoms with van der Waals surface area (Å²) >= 11 is 3.26. The molecule has 0 N–H and O–H groups in total. The van der Waals surface area contributed by atoms with Crippen molar-refractivity contribution in [1.82, 2.24) is 0 Å². The second kappa shape index (κ2) is 5.14. The molecule has 0 aliphatic heterocycles. The van der Waals surface area contributed by atoms with Crippen molar-refractivity contribution in [2.45, 2.75) is 0 Å².